The zero-order valence-corrected chi connectivity index (χ0v) is 12.7. The molecule has 0 amide bonds. The zero-order chi connectivity index (χ0) is 14.7. The molecular formula is C17H13Cl2NO. The number of aromatic nitrogens is 1. The molecule has 0 saturated heterocycles. The Bertz CT molecular complexity index is 774. The topological polar surface area (TPSA) is 22.1 Å². The summed E-state index contributed by atoms with van der Waals surface area (Å²) in [7, 11) is 0. The van der Waals surface area contributed by atoms with Crippen molar-refractivity contribution in [1.82, 2.24) is 4.98 Å². The normalized spacial score (nSPS) is 10.8. The van der Waals surface area contributed by atoms with Gasteiger partial charge in [0.1, 0.15) is 12.4 Å². The van der Waals surface area contributed by atoms with E-state index in [1.807, 2.05) is 48.5 Å². The lowest BCUT2D eigenvalue weighted by Gasteiger charge is -2.11. The van der Waals surface area contributed by atoms with Crippen molar-refractivity contribution < 1.29 is 4.74 Å². The number of fused-ring (bicyclic) bond motifs is 1. The molecule has 0 aliphatic carbocycles. The molecule has 0 aliphatic rings. The molecular weight excluding hydrogens is 305 g/mol. The van der Waals surface area contributed by atoms with Gasteiger partial charge in [0.25, 0.3) is 0 Å². The molecule has 2 aromatic carbocycles. The molecule has 21 heavy (non-hydrogen) atoms. The molecule has 0 radical (unpaired) electrons. The van der Waals surface area contributed by atoms with Gasteiger partial charge in [-0.2, -0.15) is 0 Å². The number of hydrogen-bond acceptors (Lipinski definition) is 2. The van der Waals surface area contributed by atoms with Gasteiger partial charge >= 0.3 is 0 Å². The van der Waals surface area contributed by atoms with Crippen LogP contribution in [0.25, 0.3) is 10.9 Å². The van der Waals surface area contributed by atoms with E-state index in [0.717, 1.165) is 22.2 Å². The Kier molecular flexibility index (Phi) is 4.28. The third-order valence-corrected chi connectivity index (χ3v) is 3.80. The molecule has 0 bridgehead atoms. The summed E-state index contributed by atoms with van der Waals surface area (Å²) in [6.45, 7) is 0.360. The summed E-state index contributed by atoms with van der Waals surface area (Å²) in [5.41, 5.74) is 2.69. The van der Waals surface area contributed by atoms with Crippen molar-refractivity contribution in [2.24, 2.45) is 0 Å². The Hall–Kier alpha value is -1.77. The van der Waals surface area contributed by atoms with Crippen LogP contribution in [0.3, 0.4) is 0 Å². The minimum atomic E-state index is 0.360. The molecule has 0 atom stereocenters. The number of para-hydroxylation sites is 2. The monoisotopic (exact) mass is 317 g/mol. The van der Waals surface area contributed by atoms with Gasteiger partial charge in [-0.25, -0.2) is 4.98 Å². The lowest BCUT2D eigenvalue weighted by molar-refractivity contribution is 0.299. The molecule has 0 saturated carbocycles. The summed E-state index contributed by atoms with van der Waals surface area (Å²) in [5, 5.41) is 1.68. The first-order valence-corrected chi connectivity index (χ1v) is 7.50. The molecule has 0 fully saturated rings. The Morgan fingerprint density at radius 1 is 0.952 bits per heavy atom. The third-order valence-electron chi connectivity index (χ3n) is 3.21. The lowest BCUT2D eigenvalue weighted by Crippen LogP contribution is -2.00. The first-order valence-electron chi connectivity index (χ1n) is 6.59. The van der Waals surface area contributed by atoms with E-state index in [9.17, 15) is 0 Å². The maximum Gasteiger partial charge on any atom is 0.142 e. The van der Waals surface area contributed by atoms with Gasteiger partial charge < -0.3 is 4.74 Å². The number of rotatable bonds is 4. The molecule has 2 nitrogen and oxygen atoms in total. The smallest absolute Gasteiger partial charge is 0.142 e. The summed E-state index contributed by atoms with van der Waals surface area (Å²) in [6, 6.07) is 17.5. The van der Waals surface area contributed by atoms with E-state index in [-0.39, 0.29) is 0 Å². The van der Waals surface area contributed by atoms with Crippen LogP contribution in [0.15, 0.2) is 54.6 Å². The van der Waals surface area contributed by atoms with Crippen LogP contribution in [-0.2, 0) is 12.5 Å². The van der Waals surface area contributed by atoms with Gasteiger partial charge in [0.15, 0.2) is 0 Å². The minimum absolute atomic E-state index is 0.360. The van der Waals surface area contributed by atoms with Crippen molar-refractivity contribution in [1.29, 1.82) is 0 Å². The number of alkyl halides is 1. The highest BCUT2D eigenvalue weighted by atomic mass is 35.5. The maximum absolute atomic E-state index is 6.17. The van der Waals surface area contributed by atoms with Crippen molar-refractivity contribution >= 4 is 34.1 Å². The predicted molar refractivity (Wildman–Crippen MR) is 87.1 cm³/mol. The molecule has 1 heterocycles. The summed E-state index contributed by atoms with van der Waals surface area (Å²) < 4.78 is 5.81. The van der Waals surface area contributed by atoms with Gasteiger partial charge in [0.2, 0.25) is 0 Å². The van der Waals surface area contributed by atoms with Gasteiger partial charge in [-0.05, 0) is 18.2 Å². The standard InChI is InChI=1S/C17H13Cl2NO/c18-10-13-5-3-6-15(19)17(13)21-11-14-9-8-12-4-1-2-7-16(12)20-14/h1-9H,10-11H2. The molecule has 0 unspecified atom stereocenters. The molecule has 106 valence electrons. The van der Waals surface area contributed by atoms with E-state index in [0.29, 0.717) is 23.3 Å². The number of pyridine rings is 1. The molecule has 4 heteroatoms. The Labute approximate surface area is 133 Å². The maximum atomic E-state index is 6.17. The van der Waals surface area contributed by atoms with Crippen molar-refractivity contribution in [3.05, 3.63) is 70.9 Å². The van der Waals surface area contributed by atoms with Gasteiger partial charge in [0.05, 0.1) is 22.1 Å². The SMILES string of the molecule is ClCc1cccc(Cl)c1OCc1ccc2ccccc2n1. The fourth-order valence-electron chi connectivity index (χ4n) is 2.16. The molecule has 3 aromatic rings. The number of hydrogen-bond donors (Lipinski definition) is 0. The van der Waals surface area contributed by atoms with Crippen molar-refractivity contribution in [3.8, 4) is 5.75 Å². The van der Waals surface area contributed by atoms with Crippen LogP contribution in [0.2, 0.25) is 5.02 Å². The molecule has 1 aromatic heterocycles. The van der Waals surface area contributed by atoms with Crippen LogP contribution in [0.4, 0.5) is 0 Å². The Morgan fingerprint density at radius 2 is 1.81 bits per heavy atom. The van der Waals surface area contributed by atoms with Gasteiger partial charge in [-0.15, -0.1) is 11.6 Å². The van der Waals surface area contributed by atoms with Crippen LogP contribution < -0.4 is 4.74 Å². The highest BCUT2D eigenvalue weighted by Crippen LogP contribution is 2.30. The summed E-state index contributed by atoms with van der Waals surface area (Å²) in [6.07, 6.45) is 0. The second kappa shape index (κ2) is 6.33. The van der Waals surface area contributed by atoms with Crippen molar-refractivity contribution in [3.63, 3.8) is 0 Å². The van der Waals surface area contributed by atoms with Gasteiger partial charge in [-0.1, -0.05) is 48.0 Å². The number of benzene rings is 2. The second-order valence-electron chi connectivity index (χ2n) is 4.65. The quantitative estimate of drug-likeness (QED) is 0.616. The molecule has 0 N–H and O–H groups in total. The van der Waals surface area contributed by atoms with E-state index in [4.69, 9.17) is 27.9 Å². The minimum Gasteiger partial charge on any atom is -0.485 e. The van der Waals surface area contributed by atoms with E-state index < -0.39 is 0 Å². The van der Waals surface area contributed by atoms with Crippen LogP contribution in [0, 0.1) is 0 Å². The highest BCUT2D eigenvalue weighted by molar-refractivity contribution is 6.32. The fraction of sp³-hybridized carbons (Fsp3) is 0.118. The number of nitrogens with zero attached hydrogens (tertiary/aromatic N) is 1. The zero-order valence-electron chi connectivity index (χ0n) is 11.2. The van der Waals surface area contributed by atoms with Gasteiger partial charge in [0, 0.05) is 10.9 Å². The average Bonchev–Trinajstić information content (AvgIpc) is 2.53. The predicted octanol–water partition coefficient (Wildman–Crippen LogP) is 5.21. The third kappa shape index (κ3) is 3.12. The van der Waals surface area contributed by atoms with Gasteiger partial charge in [-0.3, -0.25) is 0 Å². The second-order valence-corrected chi connectivity index (χ2v) is 5.32. The Morgan fingerprint density at radius 3 is 2.67 bits per heavy atom. The first kappa shape index (κ1) is 14.2. The van der Waals surface area contributed by atoms with Crippen molar-refractivity contribution in [2.75, 3.05) is 0 Å². The molecule has 0 aliphatic heterocycles. The van der Waals surface area contributed by atoms with Crippen LogP contribution in [-0.4, -0.2) is 4.98 Å². The molecule has 3 rings (SSSR count). The van der Waals surface area contributed by atoms with E-state index in [1.165, 1.54) is 0 Å². The largest absolute Gasteiger partial charge is 0.485 e. The summed E-state index contributed by atoms with van der Waals surface area (Å²) in [4.78, 5) is 4.57. The molecule has 0 spiro atoms. The lowest BCUT2D eigenvalue weighted by atomic mass is 10.2. The summed E-state index contributed by atoms with van der Waals surface area (Å²) in [5.74, 6) is 0.991. The van der Waals surface area contributed by atoms with Crippen molar-refractivity contribution in [2.45, 2.75) is 12.5 Å². The number of halogens is 2. The number of ether oxygens (including phenoxy) is 1. The fourth-order valence-corrected chi connectivity index (χ4v) is 2.61. The van der Waals surface area contributed by atoms with Crippen LogP contribution >= 0.6 is 23.2 Å². The van der Waals surface area contributed by atoms with Crippen LogP contribution in [0.1, 0.15) is 11.3 Å². The average molecular weight is 318 g/mol. The summed E-state index contributed by atoms with van der Waals surface area (Å²) >= 11 is 12.1. The van der Waals surface area contributed by atoms with E-state index >= 15 is 0 Å². The highest BCUT2D eigenvalue weighted by Gasteiger charge is 2.08. The van der Waals surface area contributed by atoms with E-state index in [2.05, 4.69) is 4.98 Å². The Balaban J connectivity index is 1.83. The first-order chi connectivity index (χ1) is 10.3. The van der Waals surface area contributed by atoms with Crippen LogP contribution in [0.5, 0.6) is 5.75 Å². The van der Waals surface area contributed by atoms with E-state index in [1.54, 1.807) is 6.07 Å².